The lowest BCUT2D eigenvalue weighted by atomic mass is 9.95. The first kappa shape index (κ1) is 14.4. The first-order chi connectivity index (χ1) is 9.29. The maximum absolute atomic E-state index is 12.6. The molecule has 1 aromatic carbocycles. The van der Waals surface area contributed by atoms with E-state index >= 15 is 0 Å². The minimum Gasteiger partial charge on any atom is -0.465 e. The number of para-hydroxylation sites is 1. The van der Waals surface area contributed by atoms with Crippen LogP contribution in [0.15, 0.2) is 18.2 Å². The van der Waals surface area contributed by atoms with Crippen LogP contribution in [0.4, 0.5) is 11.4 Å². The van der Waals surface area contributed by atoms with Gasteiger partial charge in [-0.2, -0.15) is 0 Å². The van der Waals surface area contributed by atoms with E-state index in [-0.39, 0.29) is 11.9 Å². The zero-order valence-electron chi connectivity index (χ0n) is 12.5. The molecule has 1 heterocycles. The Hall–Kier alpha value is -2.04. The van der Waals surface area contributed by atoms with E-state index in [4.69, 9.17) is 4.74 Å². The summed E-state index contributed by atoms with van der Waals surface area (Å²) in [6.45, 7) is 7.52. The molecule has 0 unspecified atom stereocenters. The zero-order chi connectivity index (χ0) is 15.1. The van der Waals surface area contributed by atoms with Gasteiger partial charge in [-0.1, -0.05) is 6.07 Å². The molecule has 108 valence electrons. The van der Waals surface area contributed by atoms with Gasteiger partial charge in [0, 0.05) is 6.04 Å². The van der Waals surface area contributed by atoms with Gasteiger partial charge in [0.25, 0.3) is 5.91 Å². The lowest BCUT2D eigenvalue weighted by Crippen LogP contribution is -2.56. The number of hydrogen-bond donors (Lipinski definition) is 1. The number of anilines is 2. The van der Waals surface area contributed by atoms with Gasteiger partial charge in [0.1, 0.15) is 5.54 Å². The van der Waals surface area contributed by atoms with E-state index < -0.39 is 11.5 Å². The average molecular weight is 276 g/mol. The van der Waals surface area contributed by atoms with Crippen molar-refractivity contribution in [2.45, 2.75) is 39.3 Å². The van der Waals surface area contributed by atoms with Crippen molar-refractivity contribution in [1.82, 2.24) is 0 Å². The number of nitrogens with zero attached hydrogens (tertiary/aromatic N) is 1. The number of carbonyl (C=O) groups excluding carboxylic acids is 2. The minimum absolute atomic E-state index is 0.0477. The summed E-state index contributed by atoms with van der Waals surface area (Å²) >= 11 is 0. The summed E-state index contributed by atoms with van der Waals surface area (Å²) in [5.74, 6) is -0.502. The Kier molecular flexibility index (Phi) is 3.46. The third kappa shape index (κ3) is 2.13. The largest absolute Gasteiger partial charge is 0.465 e. The SMILES string of the molecule is COC(=O)c1cccc2c1N(C(C)C)C(=O)C(C)(C)N2. The van der Waals surface area contributed by atoms with E-state index in [1.54, 1.807) is 17.0 Å². The third-order valence-electron chi connectivity index (χ3n) is 3.40. The summed E-state index contributed by atoms with van der Waals surface area (Å²) in [7, 11) is 1.34. The summed E-state index contributed by atoms with van der Waals surface area (Å²) in [4.78, 5) is 26.2. The van der Waals surface area contributed by atoms with Crippen molar-refractivity contribution in [3.05, 3.63) is 23.8 Å². The normalized spacial score (nSPS) is 16.7. The van der Waals surface area contributed by atoms with E-state index in [9.17, 15) is 9.59 Å². The molecule has 5 heteroatoms. The molecular weight excluding hydrogens is 256 g/mol. The second kappa shape index (κ2) is 4.81. The zero-order valence-corrected chi connectivity index (χ0v) is 12.5. The molecule has 0 radical (unpaired) electrons. The molecule has 0 aliphatic carbocycles. The maximum atomic E-state index is 12.6. The lowest BCUT2D eigenvalue weighted by molar-refractivity contribution is -0.122. The second-order valence-electron chi connectivity index (χ2n) is 5.71. The topological polar surface area (TPSA) is 58.6 Å². The monoisotopic (exact) mass is 276 g/mol. The van der Waals surface area contributed by atoms with E-state index in [1.165, 1.54) is 7.11 Å². The van der Waals surface area contributed by atoms with Crippen LogP contribution in [0.2, 0.25) is 0 Å². The average Bonchev–Trinajstić information content (AvgIpc) is 2.37. The van der Waals surface area contributed by atoms with Gasteiger partial charge in [-0.15, -0.1) is 0 Å². The van der Waals surface area contributed by atoms with Gasteiger partial charge in [0.2, 0.25) is 0 Å². The van der Waals surface area contributed by atoms with Crippen molar-refractivity contribution in [2.24, 2.45) is 0 Å². The third-order valence-corrected chi connectivity index (χ3v) is 3.40. The minimum atomic E-state index is -0.702. The van der Waals surface area contributed by atoms with Crippen LogP contribution in [0.5, 0.6) is 0 Å². The number of ether oxygens (including phenoxy) is 1. The van der Waals surface area contributed by atoms with Crippen molar-refractivity contribution < 1.29 is 14.3 Å². The molecule has 0 fully saturated rings. The van der Waals surface area contributed by atoms with Crippen molar-refractivity contribution in [3.63, 3.8) is 0 Å². The number of hydrogen-bond acceptors (Lipinski definition) is 4. The summed E-state index contributed by atoms with van der Waals surface area (Å²) in [6, 6.07) is 5.27. The van der Waals surface area contributed by atoms with Crippen LogP contribution in [-0.4, -0.2) is 30.6 Å². The van der Waals surface area contributed by atoms with Crippen LogP contribution >= 0.6 is 0 Å². The molecule has 0 atom stereocenters. The van der Waals surface area contributed by atoms with Gasteiger partial charge in [-0.05, 0) is 39.8 Å². The van der Waals surface area contributed by atoms with Gasteiger partial charge in [0.05, 0.1) is 24.0 Å². The molecule has 1 amide bonds. The highest BCUT2D eigenvalue weighted by Gasteiger charge is 2.41. The Labute approximate surface area is 118 Å². The van der Waals surface area contributed by atoms with Crippen LogP contribution in [0.3, 0.4) is 0 Å². The predicted molar refractivity (Wildman–Crippen MR) is 78.1 cm³/mol. The maximum Gasteiger partial charge on any atom is 0.340 e. The van der Waals surface area contributed by atoms with Gasteiger partial charge in [-0.3, -0.25) is 4.79 Å². The number of rotatable bonds is 2. The van der Waals surface area contributed by atoms with Crippen LogP contribution in [0.25, 0.3) is 0 Å². The first-order valence-electron chi connectivity index (χ1n) is 6.62. The quantitative estimate of drug-likeness (QED) is 0.843. The Morgan fingerprint density at radius 2 is 2.00 bits per heavy atom. The molecule has 0 spiro atoms. The predicted octanol–water partition coefficient (Wildman–Crippen LogP) is 2.42. The highest BCUT2D eigenvalue weighted by molar-refractivity contribution is 6.12. The molecule has 5 nitrogen and oxygen atoms in total. The number of carbonyl (C=O) groups is 2. The first-order valence-corrected chi connectivity index (χ1v) is 6.62. The van der Waals surface area contributed by atoms with Crippen molar-refractivity contribution in [2.75, 3.05) is 17.3 Å². The van der Waals surface area contributed by atoms with E-state index in [0.717, 1.165) is 5.69 Å². The van der Waals surface area contributed by atoms with Crippen LogP contribution in [0, 0.1) is 0 Å². The summed E-state index contributed by atoms with van der Waals surface area (Å²) in [5, 5.41) is 3.19. The number of nitrogens with one attached hydrogen (secondary N) is 1. The highest BCUT2D eigenvalue weighted by atomic mass is 16.5. The van der Waals surface area contributed by atoms with Gasteiger partial charge < -0.3 is 15.0 Å². The van der Waals surface area contributed by atoms with Crippen molar-refractivity contribution in [1.29, 1.82) is 0 Å². The molecule has 0 bridgehead atoms. The molecule has 1 aliphatic heterocycles. The Bertz CT molecular complexity index is 564. The Morgan fingerprint density at radius 1 is 1.35 bits per heavy atom. The molecule has 20 heavy (non-hydrogen) atoms. The van der Waals surface area contributed by atoms with Crippen molar-refractivity contribution >= 4 is 23.3 Å². The van der Waals surface area contributed by atoms with Crippen LogP contribution in [0.1, 0.15) is 38.1 Å². The molecule has 0 saturated carbocycles. The number of amides is 1. The Balaban J connectivity index is 2.68. The summed E-state index contributed by atoms with van der Waals surface area (Å²) in [5.41, 5.74) is 1.06. The number of methoxy groups -OCH3 is 1. The fraction of sp³-hybridized carbons (Fsp3) is 0.467. The smallest absolute Gasteiger partial charge is 0.340 e. The van der Waals surface area contributed by atoms with E-state index in [1.807, 2.05) is 33.8 Å². The second-order valence-corrected chi connectivity index (χ2v) is 5.71. The van der Waals surface area contributed by atoms with E-state index in [2.05, 4.69) is 5.32 Å². The van der Waals surface area contributed by atoms with Crippen LogP contribution in [-0.2, 0) is 9.53 Å². The van der Waals surface area contributed by atoms with E-state index in [0.29, 0.717) is 11.3 Å². The molecule has 0 saturated heterocycles. The van der Waals surface area contributed by atoms with Gasteiger partial charge in [-0.25, -0.2) is 4.79 Å². The van der Waals surface area contributed by atoms with Crippen LogP contribution < -0.4 is 10.2 Å². The fourth-order valence-electron chi connectivity index (χ4n) is 2.46. The molecule has 1 aromatic rings. The van der Waals surface area contributed by atoms with Gasteiger partial charge >= 0.3 is 5.97 Å². The van der Waals surface area contributed by atoms with Gasteiger partial charge in [0.15, 0.2) is 0 Å². The summed E-state index contributed by atoms with van der Waals surface area (Å²) in [6.07, 6.45) is 0. The number of benzene rings is 1. The molecule has 1 N–H and O–H groups in total. The molecule has 1 aliphatic rings. The molecule has 0 aromatic heterocycles. The number of fused-ring (bicyclic) bond motifs is 1. The highest BCUT2D eigenvalue weighted by Crippen LogP contribution is 2.39. The molecule has 2 rings (SSSR count). The number of esters is 1. The summed E-state index contributed by atoms with van der Waals surface area (Å²) < 4.78 is 4.81. The Morgan fingerprint density at radius 3 is 2.55 bits per heavy atom. The fourth-order valence-corrected chi connectivity index (χ4v) is 2.46. The van der Waals surface area contributed by atoms with Crippen molar-refractivity contribution in [3.8, 4) is 0 Å². The standard InChI is InChI=1S/C15H20N2O3/c1-9(2)17-12-10(13(18)20-5)7-6-8-11(12)16-15(3,4)14(17)19/h6-9,16H,1-5H3. The molecular formula is C15H20N2O3. The lowest BCUT2D eigenvalue weighted by Gasteiger charge is -2.42.